The number of aromatic nitrogens is 3. The molecule has 1 N–H and O–H groups in total. The maximum absolute atomic E-state index is 4.47. The van der Waals surface area contributed by atoms with Crippen LogP contribution in [-0.4, -0.2) is 15.2 Å². The van der Waals surface area contributed by atoms with Crippen molar-refractivity contribution in [2.75, 3.05) is 0 Å². The van der Waals surface area contributed by atoms with Crippen LogP contribution in [0.1, 0.15) is 36.1 Å². The average molecular weight is 229 g/mol. The van der Waals surface area contributed by atoms with Crippen molar-refractivity contribution in [2.24, 2.45) is 0 Å². The molecule has 3 heteroatoms. The summed E-state index contributed by atoms with van der Waals surface area (Å²) in [6.07, 6.45) is 4.00. The lowest BCUT2D eigenvalue weighted by atomic mass is 10.1. The van der Waals surface area contributed by atoms with Crippen molar-refractivity contribution >= 4 is 0 Å². The molecule has 2 rings (SSSR count). The molecule has 17 heavy (non-hydrogen) atoms. The van der Waals surface area contributed by atoms with Gasteiger partial charge in [-0.1, -0.05) is 36.8 Å². The highest BCUT2D eigenvalue weighted by Crippen LogP contribution is 2.07. The van der Waals surface area contributed by atoms with Gasteiger partial charge in [-0.15, -0.1) is 0 Å². The van der Waals surface area contributed by atoms with Gasteiger partial charge in [0.2, 0.25) is 0 Å². The van der Waals surface area contributed by atoms with Crippen molar-refractivity contribution in [3.63, 3.8) is 0 Å². The highest BCUT2D eigenvalue weighted by molar-refractivity contribution is 5.22. The summed E-state index contributed by atoms with van der Waals surface area (Å²) in [5.41, 5.74) is 2.66. The molecule has 2 aromatic rings. The van der Waals surface area contributed by atoms with E-state index in [1.165, 1.54) is 11.1 Å². The summed E-state index contributed by atoms with van der Waals surface area (Å²) in [5, 5.41) is 7.23. The first-order valence-corrected chi connectivity index (χ1v) is 6.23. The van der Waals surface area contributed by atoms with Crippen LogP contribution in [0.25, 0.3) is 0 Å². The lowest BCUT2D eigenvalue weighted by molar-refractivity contribution is 0.840. The number of H-pyrrole nitrogens is 1. The van der Waals surface area contributed by atoms with Crippen LogP contribution in [0, 0.1) is 6.92 Å². The van der Waals surface area contributed by atoms with E-state index in [4.69, 9.17) is 0 Å². The number of hydrogen-bond donors (Lipinski definition) is 1. The van der Waals surface area contributed by atoms with Crippen molar-refractivity contribution in [2.45, 2.75) is 39.5 Å². The van der Waals surface area contributed by atoms with Crippen LogP contribution in [-0.2, 0) is 19.3 Å². The van der Waals surface area contributed by atoms with Crippen LogP contribution in [0.4, 0.5) is 0 Å². The normalized spacial score (nSPS) is 10.7. The Morgan fingerprint density at radius 1 is 1.18 bits per heavy atom. The molecule has 3 nitrogen and oxygen atoms in total. The molecular formula is C14H19N3. The number of aryl methyl sites for hydroxylation is 4. The number of nitrogens with one attached hydrogen (secondary N) is 1. The Bertz CT molecular complexity index is 474. The van der Waals surface area contributed by atoms with Crippen molar-refractivity contribution in [3.8, 4) is 0 Å². The molecule has 90 valence electrons. The van der Waals surface area contributed by atoms with Gasteiger partial charge in [0.15, 0.2) is 5.82 Å². The summed E-state index contributed by atoms with van der Waals surface area (Å²) in [6.45, 7) is 4.27. The number of hydrogen-bond acceptors (Lipinski definition) is 2. The molecule has 0 radical (unpaired) electrons. The van der Waals surface area contributed by atoms with Gasteiger partial charge in [0.1, 0.15) is 5.82 Å². The van der Waals surface area contributed by atoms with Gasteiger partial charge in [-0.3, -0.25) is 5.10 Å². The van der Waals surface area contributed by atoms with Crippen LogP contribution < -0.4 is 0 Å². The number of rotatable bonds is 5. The number of aromatic amines is 1. The fourth-order valence-electron chi connectivity index (χ4n) is 1.92. The second kappa shape index (κ2) is 5.62. The first-order valence-electron chi connectivity index (χ1n) is 6.23. The third-order valence-corrected chi connectivity index (χ3v) is 2.78. The molecule has 1 heterocycles. The monoisotopic (exact) mass is 229 g/mol. The van der Waals surface area contributed by atoms with E-state index < -0.39 is 0 Å². The number of nitrogens with zero attached hydrogens (tertiary/aromatic N) is 2. The summed E-state index contributed by atoms with van der Waals surface area (Å²) in [6, 6.07) is 8.60. The second-order valence-corrected chi connectivity index (χ2v) is 4.44. The van der Waals surface area contributed by atoms with E-state index in [-0.39, 0.29) is 0 Å². The maximum atomic E-state index is 4.47. The standard InChI is InChI=1S/C14H19N3/c1-3-5-13-15-14(17-16-13)9-8-12-7-4-6-11(2)10-12/h4,6-7,10H,3,5,8-9H2,1-2H3,(H,15,16,17). The van der Waals surface area contributed by atoms with Crippen LogP contribution in [0.15, 0.2) is 24.3 Å². The molecule has 0 spiro atoms. The molecule has 0 saturated heterocycles. The van der Waals surface area contributed by atoms with E-state index in [9.17, 15) is 0 Å². The van der Waals surface area contributed by atoms with Gasteiger partial charge in [-0.05, 0) is 25.3 Å². The molecule has 0 unspecified atom stereocenters. The van der Waals surface area contributed by atoms with E-state index in [1.807, 2.05) is 0 Å². The Kier molecular flexibility index (Phi) is 3.91. The van der Waals surface area contributed by atoms with Crippen LogP contribution in [0.5, 0.6) is 0 Å². The third-order valence-electron chi connectivity index (χ3n) is 2.78. The molecular weight excluding hydrogens is 210 g/mol. The van der Waals surface area contributed by atoms with Crippen LogP contribution >= 0.6 is 0 Å². The fraction of sp³-hybridized carbons (Fsp3) is 0.429. The molecule has 0 bridgehead atoms. The lowest BCUT2D eigenvalue weighted by Gasteiger charge is -1.99. The van der Waals surface area contributed by atoms with E-state index in [0.29, 0.717) is 0 Å². The zero-order valence-corrected chi connectivity index (χ0v) is 10.5. The number of benzene rings is 1. The van der Waals surface area contributed by atoms with Gasteiger partial charge in [0, 0.05) is 12.8 Å². The van der Waals surface area contributed by atoms with Crippen LogP contribution in [0.2, 0.25) is 0 Å². The minimum absolute atomic E-state index is 0.906. The lowest BCUT2D eigenvalue weighted by Crippen LogP contribution is -1.94. The Labute approximate surface area is 102 Å². The average Bonchev–Trinajstić information content (AvgIpc) is 2.75. The smallest absolute Gasteiger partial charge is 0.151 e. The van der Waals surface area contributed by atoms with Crippen molar-refractivity contribution < 1.29 is 0 Å². The molecule has 0 saturated carbocycles. The Hall–Kier alpha value is -1.64. The Morgan fingerprint density at radius 2 is 2.06 bits per heavy atom. The van der Waals surface area contributed by atoms with Crippen molar-refractivity contribution in [3.05, 3.63) is 47.0 Å². The van der Waals surface area contributed by atoms with Gasteiger partial charge in [-0.25, -0.2) is 4.98 Å². The zero-order chi connectivity index (χ0) is 12.1. The first kappa shape index (κ1) is 11.8. The van der Waals surface area contributed by atoms with Crippen molar-refractivity contribution in [1.82, 2.24) is 15.2 Å². The highest BCUT2D eigenvalue weighted by atomic mass is 15.2. The molecule has 1 aromatic heterocycles. The van der Waals surface area contributed by atoms with E-state index >= 15 is 0 Å². The SMILES string of the molecule is CCCc1nc(CCc2cccc(C)c2)n[nH]1. The Morgan fingerprint density at radius 3 is 2.82 bits per heavy atom. The van der Waals surface area contributed by atoms with Crippen molar-refractivity contribution in [1.29, 1.82) is 0 Å². The molecule has 0 aliphatic rings. The summed E-state index contributed by atoms with van der Waals surface area (Å²) < 4.78 is 0. The topological polar surface area (TPSA) is 41.6 Å². The molecule has 0 atom stereocenters. The molecule has 0 fully saturated rings. The molecule has 0 aliphatic carbocycles. The predicted molar refractivity (Wildman–Crippen MR) is 69.0 cm³/mol. The van der Waals surface area contributed by atoms with E-state index in [1.54, 1.807) is 0 Å². The predicted octanol–water partition coefficient (Wildman–Crippen LogP) is 2.85. The van der Waals surface area contributed by atoms with Gasteiger partial charge < -0.3 is 0 Å². The summed E-state index contributed by atoms with van der Waals surface area (Å²) in [7, 11) is 0. The summed E-state index contributed by atoms with van der Waals surface area (Å²) in [4.78, 5) is 4.47. The van der Waals surface area contributed by atoms with Gasteiger partial charge in [0.25, 0.3) is 0 Å². The summed E-state index contributed by atoms with van der Waals surface area (Å²) in [5.74, 6) is 1.93. The molecule has 1 aromatic carbocycles. The third kappa shape index (κ3) is 3.41. The Balaban J connectivity index is 1.93. The maximum Gasteiger partial charge on any atom is 0.151 e. The van der Waals surface area contributed by atoms with Gasteiger partial charge in [-0.2, -0.15) is 5.10 Å². The first-order chi connectivity index (χ1) is 8.28. The van der Waals surface area contributed by atoms with Gasteiger partial charge >= 0.3 is 0 Å². The minimum atomic E-state index is 0.906. The minimum Gasteiger partial charge on any atom is -0.263 e. The highest BCUT2D eigenvalue weighted by Gasteiger charge is 2.03. The quantitative estimate of drug-likeness (QED) is 0.856. The molecule has 0 aliphatic heterocycles. The summed E-state index contributed by atoms with van der Waals surface area (Å²) >= 11 is 0. The van der Waals surface area contributed by atoms with Gasteiger partial charge in [0.05, 0.1) is 0 Å². The second-order valence-electron chi connectivity index (χ2n) is 4.44. The largest absolute Gasteiger partial charge is 0.263 e. The zero-order valence-electron chi connectivity index (χ0n) is 10.5. The fourth-order valence-corrected chi connectivity index (χ4v) is 1.92. The van der Waals surface area contributed by atoms with E-state index in [0.717, 1.165) is 37.3 Å². The molecule has 0 amide bonds. The van der Waals surface area contributed by atoms with E-state index in [2.05, 4.69) is 53.3 Å². The van der Waals surface area contributed by atoms with Crippen LogP contribution in [0.3, 0.4) is 0 Å².